The predicted molar refractivity (Wildman–Crippen MR) is 299 cm³/mol. The number of aromatic nitrogens is 3. The quantitative estimate of drug-likeness (QED) is 0.0941. The van der Waals surface area contributed by atoms with Crippen LogP contribution in [0.2, 0.25) is 0 Å². The molecule has 5 aromatic rings. The third kappa shape index (κ3) is 9.14. The fraction of sp³-hybridized carbons (Fsp3) is 0.459. The Morgan fingerprint density at radius 1 is 0.890 bits per heavy atom. The van der Waals surface area contributed by atoms with E-state index >= 15 is 8.78 Å². The number of fused-ring (bicyclic) bond motifs is 6. The van der Waals surface area contributed by atoms with Crippen LogP contribution in [0.1, 0.15) is 97.9 Å². The van der Waals surface area contributed by atoms with Crippen LogP contribution in [0.4, 0.5) is 25.1 Å². The van der Waals surface area contributed by atoms with E-state index in [-0.39, 0.29) is 89.9 Å². The zero-order chi connectivity index (χ0) is 56.9. The number of hydrogen-bond acceptors (Lipinski definition) is 15. The normalized spacial score (nSPS) is 25.5. The number of halogens is 2. The third-order valence-corrected chi connectivity index (χ3v) is 18.5. The minimum atomic E-state index is -1.05. The van der Waals surface area contributed by atoms with Gasteiger partial charge in [-0.25, -0.2) is 13.6 Å². The van der Waals surface area contributed by atoms with E-state index < -0.39 is 58.5 Å². The first-order valence-electron chi connectivity index (χ1n) is 28.4. The molecule has 19 nitrogen and oxygen atoms in total. The highest BCUT2D eigenvalue weighted by atomic mass is 19.1. The summed E-state index contributed by atoms with van der Waals surface area (Å²) in [7, 11) is 0. The molecule has 3 aromatic carbocycles. The molecule has 6 amide bonds. The van der Waals surface area contributed by atoms with Crippen molar-refractivity contribution in [1.29, 1.82) is 0 Å². The van der Waals surface area contributed by atoms with Crippen molar-refractivity contribution in [3.8, 4) is 29.6 Å². The first-order chi connectivity index (χ1) is 39.5. The Kier molecular flexibility index (Phi) is 13.3. The number of ether oxygens (including phenoxy) is 2. The van der Waals surface area contributed by atoms with Gasteiger partial charge in [0.15, 0.2) is 5.82 Å². The number of piperazine rings is 2. The molecule has 21 heteroatoms. The number of imide groups is 2. The van der Waals surface area contributed by atoms with Crippen molar-refractivity contribution in [1.82, 2.24) is 45.2 Å². The van der Waals surface area contributed by atoms with E-state index in [2.05, 4.69) is 42.8 Å². The number of hydrogen-bond donors (Lipinski definition) is 2. The molecule has 8 aliphatic heterocycles. The second-order valence-electron chi connectivity index (χ2n) is 24.0. The van der Waals surface area contributed by atoms with Crippen LogP contribution in [0, 0.1) is 29.9 Å². The zero-order valence-corrected chi connectivity index (χ0v) is 45.8. The molecule has 5 atom stereocenters. The van der Waals surface area contributed by atoms with Gasteiger partial charge in [-0.05, 0) is 94.9 Å². The Hall–Kier alpha value is -8.09. The molecule has 7 saturated heterocycles. The Morgan fingerprint density at radius 2 is 1.67 bits per heavy atom. The summed E-state index contributed by atoms with van der Waals surface area (Å²) in [5, 5.41) is 7.34. The number of carbonyl (C=O) groups excluding carboxylic acids is 6. The number of benzene rings is 3. The maximum atomic E-state index is 17.3. The topological polar surface area (TPSA) is 203 Å². The van der Waals surface area contributed by atoms with E-state index in [1.165, 1.54) is 6.07 Å². The lowest BCUT2D eigenvalue weighted by Gasteiger charge is -2.47. The maximum absolute atomic E-state index is 17.3. The number of anilines is 2. The Bertz CT molecular complexity index is 3610. The number of pyridine rings is 1. The molecule has 0 saturated carbocycles. The van der Waals surface area contributed by atoms with Crippen LogP contribution in [0.15, 0.2) is 66.9 Å². The molecule has 0 aliphatic carbocycles. The average Bonchev–Trinajstić information content (AvgIpc) is 4.25. The van der Waals surface area contributed by atoms with Gasteiger partial charge in [-0.1, -0.05) is 42.3 Å². The number of carbonyl (C=O) groups is 6. The highest BCUT2D eigenvalue weighted by Crippen LogP contribution is 2.45. The lowest BCUT2D eigenvalue weighted by Crippen LogP contribution is -2.63. The van der Waals surface area contributed by atoms with Gasteiger partial charge in [0.05, 0.1) is 33.2 Å². The van der Waals surface area contributed by atoms with Gasteiger partial charge in [0, 0.05) is 106 Å². The molecule has 424 valence electrons. The lowest BCUT2D eigenvalue weighted by molar-refractivity contribution is -0.141. The molecular formula is C61H63F2N11O8. The largest absolute Gasteiger partial charge is 0.461 e. The smallest absolute Gasteiger partial charge is 0.410 e. The lowest BCUT2D eigenvalue weighted by atomic mass is 9.92. The first-order valence-corrected chi connectivity index (χ1v) is 28.4. The highest BCUT2D eigenvalue weighted by Gasteiger charge is 2.52. The second-order valence-corrected chi connectivity index (χ2v) is 24.0. The van der Waals surface area contributed by atoms with Gasteiger partial charge in [-0.2, -0.15) is 9.97 Å². The molecule has 13 rings (SSSR count). The van der Waals surface area contributed by atoms with Crippen molar-refractivity contribution in [2.45, 2.75) is 107 Å². The Labute approximate surface area is 472 Å². The minimum absolute atomic E-state index is 0.0147. The van der Waals surface area contributed by atoms with Crippen molar-refractivity contribution in [3.63, 3.8) is 0 Å². The van der Waals surface area contributed by atoms with E-state index in [4.69, 9.17) is 25.9 Å². The molecule has 10 heterocycles. The predicted octanol–water partition coefficient (Wildman–Crippen LogP) is 5.96. The van der Waals surface area contributed by atoms with Crippen molar-refractivity contribution in [2.75, 3.05) is 75.4 Å². The average molecular weight is 1120 g/mol. The number of amides is 6. The van der Waals surface area contributed by atoms with Crippen LogP contribution in [0.25, 0.3) is 32.9 Å². The van der Waals surface area contributed by atoms with E-state index in [1.807, 2.05) is 18.7 Å². The maximum Gasteiger partial charge on any atom is 0.410 e. The number of nitrogens with zero attached hydrogens (tertiary/aromatic N) is 9. The van der Waals surface area contributed by atoms with Crippen LogP contribution in [-0.4, -0.2) is 171 Å². The van der Waals surface area contributed by atoms with Crippen molar-refractivity contribution >= 4 is 68.8 Å². The van der Waals surface area contributed by atoms with Crippen LogP contribution < -0.4 is 25.2 Å². The summed E-state index contributed by atoms with van der Waals surface area (Å²) >= 11 is 0. The fourth-order valence-corrected chi connectivity index (χ4v) is 14.4. The van der Waals surface area contributed by atoms with Gasteiger partial charge in [0.25, 0.3) is 11.8 Å². The Balaban J connectivity index is 0.649. The molecule has 0 spiro atoms. The van der Waals surface area contributed by atoms with Crippen molar-refractivity contribution in [3.05, 3.63) is 95.2 Å². The molecule has 2 aromatic heterocycles. The summed E-state index contributed by atoms with van der Waals surface area (Å²) in [5.74, 6) is -0.744. The summed E-state index contributed by atoms with van der Waals surface area (Å²) < 4.78 is 45.2. The van der Waals surface area contributed by atoms with E-state index in [1.54, 1.807) is 53.6 Å². The third-order valence-electron chi connectivity index (χ3n) is 18.5. The molecule has 2 N–H and O–H groups in total. The first kappa shape index (κ1) is 53.2. The summed E-state index contributed by atoms with van der Waals surface area (Å²) in [6.45, 7) is 12.5. The number of piperidine rings is 2. The van der Waals surface area contributed by atoms with Gasteiger partial charge in [0.1, 0.15) is 42.1 Å². The summed E-state index contributed by atoms with van der Waals surface area (Å²) in [6.07, 6.45) is 12.3. The van der Waals surface area contributed by atoms with E-state index in [0.29, 0.717) is 99.2 Å². The van der Waals surface area contributed by atoms with Gasteiger partial charge in [-0.15, -0.1) is 6.42 Å². The summed E-state index contributed by atoms with van der Waals surface area (Å²) in [4.78, 5) is 105. The van der Waals surface area contributed by atoms with Crippen LogP contribution in [0.5, 0.6) is 6.01 Å². The molecule has 7 fully saturated rings. The van der Waals surface area contributed by atoms with Gasteiger partial charge < -0.3 is 29.5 Å². The number of rotatable bonds is 10. The van der Waals surface area contributed by atoms with Crippen LogP contribution in [-0.2, 0) is 19.1 Å². The highest BCUT2D eigenvalue weighted by molar-refractivity contribution is 6.23. The number of terminal acetylenes is 1. The van der Waals surface area contributed by atoms with Gasteiger partial charge in [-0.3, -0.25) is 49.0 Å². The molecule has 0 radical (unpaired) electrons. The molecule has 2 bridgehead atoms. The summed E-state index contributed by atoms with van der Waals surface area (Å²) in [6, 6.07) is 12.5. The SMILES string of the molecule is C#Cc1c(F)ccc2cccc(-c3ncc4c(N5CC6CCC(C5)N6)nc(OC[C@@]56CC[C@@H](COC(=O)N7CCN(C(=O)C8CCN(c9ccc%10c(c9)C(=O)N(C9CCC(=O)NC9=O)C%10=O)CC8)CC7(C)C)N5CC(=C)C6)nc4c3F)c12. The van der Waals surface area contributed by atoms with E-state index in [0.717, 1.165) is 41.8 Å². The fourth-order valence-electron chi connectivity index (χ4n) is 14.4. The molecule has 82 heavy (non-hydrogen) atoms. The minimum Gasteiger partial charge on any atom is -0.461 e. The van der Waals surface area contributed by atoms with Crippen molar-refractivity contribution in [2.24, 2.45) is 5.92 Å². The summed E-state index contributed by atoms with van der Waals surface area (Å²) in [5.41, 5.74) is 1.31. The van der Waals surface area contributed by atoms with Crippen molar-refractivity contribution < 1.29 is 47.0 Å². The van der Waals surface area contributed by atoms with Gasteiger partial charge in [0.2, 0.25) is 17.7 Å². The van der Waals surface area contributed by atoms with Crippen LogP contribution in [0.3, 0.4) is 0 Å². The monoisotopic (exact) mass is 1120 g/mol. The van der Waals surface area contributed by atoms with E-state index in [9.17, 15) is 28.8 Å². The van der Waals surface area contributed by atoms with Crippen LogP contribution >= 0.6 is 0 Å². The van der Waals surface area contributed by atoms with Gasteiger partial charge >= 0.3 is 12.1 Å². The number of nitrogens with one attached hydrogen (secondary N) is 2. The second kappa shape index (κ2) is 20.4. The Morgan fingerprint density at radius 3 is 2.43 bits per heavy atom. The standard InChI is InChI=1S/C61H63F2N11O8/c1-5-41-46(62)14-9-35-7-6-8-43(49(35)41)51-50(63)52-45(27-64-51)53(71-29-37-10-11-38(30-71)65-37)68-58(67-52)82-33-61-20-17-40(73(61)28-34(2)26-61)31-81-59(80)72-24-23-70(32-60(72,3)4)55(77)36-18-21-69(22-19-36)39-12-13-42-44(25-39)57(79)74(56(42)78)47-15-16-48(75)66-54(47)76/h1,6-9,12-14,25,27,36-38,40,47,65H,2,10-11,15-24,26,28-33H2,3-4H3,(H,66,75,76)/t37?,38?,40-,47?,61-/m0/s1. The molecule has 8 aliphatic rings. The molecular weight excluding hydrogens is 1050 g/mol. The zero-order valence-electron chi connectivity index (χ0n) is 45.8. The molecule has 3 unspecified atom stereocenters.